The van der Waals surface area contributed by atoms with Crippen LogP contribution < -0.4 is 0 Å². The molecular weight excluding hydrogens is 316 g/mol. The molecule has 144 valence electrons. The van der Waals surface area contributed by atoms with E-state index in [2.05, 4.69) is 9.80 Å². The third-order valence-corrected chi connectivity index (χ3v) is 3.57. The lowest BCUT2D eigenvalue weighted by Crippen LogP contribution is -2.34. The van der Waals surface area contributed by atoms with Gasteiger partial charge in [0.1, 0.15) is 0 Å². The van der Waals surface area contributed by atoms with Crippen LogP contribution in [0.15, 0.2) is 0 Å². The fraction of sp³-hybridized carbons (Fsp3) is 1.00. The summed E-state index contributed by atoms with van der Waals surface area (Å²) in [6.45, 7) is 9.46. The Morgan fingerprint density at radius 2 is 0.833 bits per heavy atom. The highest BCUT2D eigenvalue weighted by Gasteiger charge is 2.06. The molecule has 0 radical (unpaired) electrons. The molecule has 8 heteroatoms. The Hall–Kier alpha value is -0.320. The molecule has 0 aliphatic carbocycles. The van der Waals surface area contributed by atoms with Crippen molar-refractivity contribution in [3.63, 3.8) is 0 Å². The lowest BCUT2D eigenvalue weighted by Gasteiger charge is -2.22. The molecule has 0 amide bonds. The van der Waals surface area contributed by atoms with Crippen LogP contribution in [-0.2, 0) is 28.4 Å². The second-order valence-corrected chi connectivity index (χ2v) is 5.52. The van der Waals surface area contributed by atoms with Gasteiger partial charge in [0.25, 0.3) is 0 Å². The molecule has 24 heavy (non-hydrogen) atoms. The van der Waals surface area contributed by atoms with Gasteiger partial charge in [-0.2, -0.15) is 0 Å². The molecule has 1 aliphatic heterocycles. The van der Waals surface area contributed by atoms with Crippen LogP contribution in [0.4, 0.5) is 0 Å². The highest BCUT2D eigenvalue weighted by atomic mass is 16.5. The van der Waals surface area contributed by atoms with Gasteiger partial charge in [-0.3, -0.25) is 9.80 Å². The van der Waals surface area contributed by atoms with Gasteiger partial charge < -0.3 is 28.4 Å². The smallest absolute Gasteiger partial charge is 0.0987 e. The first-order chi connectivity index (χ1) is 11.9. The molecule has 0 aromatic carbocycles. The quantitative estimate of drug-likeness (QED) is 0.695. The van der Waals surface area contributed by atoms with Crippen molar-refractivity contribution in [2.24, 2.45) is 0 Å². The first kappa shape index (κ1) is 21.7. The number of methoxy groups -OCH3 is 2. The average molecular weight is 350 g/mol. The molecule has 1 heterocycles. The molecule has 0 aromatic rings. The van der Waals surface area contributed by atoms with Crippen LogP contribution in [0.5, 0.6) is 0 Å². The second kappa shape index (κ2) is 16.2. The summed E-state index contributed by atoms with van der Waals surface area (Å²) in [4.78, 5) is 4.32. The van der Waals surface area contributed by atoms with Crippen molar-refractivity contribution in [3.8, 4) is 0 Å². The predicted molar refractivity (Wildman–Crippen MR) is 90.2 cm³/mol. The van der Waals surface area contributed by atoms with Gasteiger partial charge in [0.15, 0.2) is 0 Å². The summed E-state index contributed by atoms with van der Waals surface area (Å²) >= 11 is 0. The Morgan fingerprint density at radius 3 is 1.08 bits per heavy atom. The summed E-state index contributed by atoms with van der Waals surface area (Å²) in [6, 6.07) is 0. The molecule has 0 N–H and O–H groups in total. The Labute approximate surface area is 145 Å². The molecule has 1 saturated heterocycles. The normalized spacial score (nSPS) is 22.8. The van der Waals surface area contributed by atoms with Gasteiger partial charge in [-0.05, 0) is 0 Å². The molecule has 0 spiro atoms. The fourth-order valence-electron chi connectivity index (χ4n) is 2.27. The van der Waals surface area contributed by atoms with Gasteiger partial charge in [0, 0.05) is 40.4 Å². The van der Waals surface area contributed by atoms with Crippen molar-refractivity contribution in [1.29, 1.82) is 0 Å². The van der Waals surface area contributed by atoms with Crippen molar-refractivity contribution in [1.82, 2.24) is 9.80 Å². The molecule has 0 aromatic heterocycles. The number of rotatable bonds is 4. The van der Waals surface area contributed by atoms with E-state index in [0.29, 0.717) is 66.3 Å². The van der Waals surface area contributed by atoms with E-state index in [0.717, 1.165) is 26.2 Å². The maximum Gasteiger partial charge on any atom is 0.0987 e. The van der Waals surface area contributed by atoms with Gasteiger partial charge in [-0.15, -0.1) is 0 Å². The Kier molecular flexibility index (Phi) is 14.6. The minimum absolute atomic E-state index is 0.578. The monoisotopic (exact) mass is 350 g/mol. The van der Waals surface area contributed by atoms with Crippen LogP contribution in [0.1, 0.15) is 0 Å². The Morgan fingerprint density at radius 1 is 0.542 bits per heavy atom. The highest BCUT2D eigenvalue weighted by molar-refractivity contribution is 4.54. The zero-order valence-corrected chi connectivity index (χ0v) is 15.2. The third kappa shape index (κ3) is 12.1. The summed E-state index contributed by atoms with van der Waals surface area (Å²) in [5, 5.41) is 0. The first-order valence-corrected chi connectivity index (χ1v) is 8.60. The molecule has 0 atom stereocenters. The number of ether oxygens (including phenoxy) is 6. The summed E-state index contributed by atoms with van der Waals surface area (Å²) < 4.78 is 32.8. The third-order valence-electron chi connectivity index (χ3n) is 3.57. The van der Waals surface area contributed by atoms with E-state index in [-0.39, 0.29) is 0 Å². The van der Waals surface area contributed by atoms with Gasteiger partial charge in [-0.25, -0.2) is 0 Å². The topological polar surface area (TPSA) is 61.9 Å². The summed E-state index contributed by atoms with van der Waals surface area (Å²) in [6.07, 6.45) is 0. The standard InChI is InChI=1S/C16H34N2O6/c1-19-15-17-3-7-21-11-13-23-9-5-18(16-20-2)6-10-24-14-12-22-8-4-17/h3-16H2,1-2H3. The lowest BCUT2D eigenvalue weighted by molar-refractivity contribution is -0.0222. The zero-order valence-electron chi connectivity index (χ0n) is 15.2. The average Bonchev–Trinajstić information content (AvgIpc) is 2.58. The van der Waals surface area contributed by atoms with E-state index in [9.17, 15) is 0 Å². The van der Waals surface area contributed by atoms with Crippen LogP contribution in [0.25, 0.3) is 0 Å². The highest BCUT2D eigenvalue weighted by Crippen LogP contribution is 1.94. The summed E-state index contributed by atoms with van der Waals surface area (Å²) in [7, 11) is 3.39. The minimum Gasteiger partial charge on any atom is -0.378 e. The Balaban J connectivity index is 2.29. The largest absolute Gasteiger partial charge is 0.378 e. The van der Waals surface area contributed by atoms with Gasteiger partial charge in [0.05, 0.1) is 66.3 Å². The predicted octanol–water partition coefficient (Wildman–Crippen LogP) is -0.122. The van der Waals surface area contributed by atoms with Crippen LogP contribution in [0.3, 0.4) is 0 Å². The SMILES string of the molecule is COCN1CCOCCOCCN(COC)CCOCCOCC1. The van der Waals surface area contributed by atoms with E-state index in [1.165, 1.54) is 0 Å². The van der Waals surface area contributed by atoms with Crippen molar-refractivity contribution in [3.05, 3.63) is 0 Å². The molecule has 0 bridgehead atoms. The Bertz CT molecular complexity index is 227. The molecule has 1 fully saturated rings. The molecule has 1 rings (SSSR count). The van der Waals surface area contributed by atoms with E-state index in [1.54, 1.807) is 14.2 Å². The van der Waals surface area contributed by atoms with Gasteiger partial charge in [0.2, 0.25) is 0 Å². The van der Waals surface area contributed by atoms with E-state index in [1.807, 2.05) is 0 Å². The molecule has 0 saturated carbocycles. The van der Waals surface area contributed by atoms with Crippen molar-refractivity contribution >= 4 is 0 Å². The first-order valence-electron chi connectivity index (χ1n) is 8.60. The van der Waals surface area contributed by atoms with E-state index in [4.69, 9.17) is 28.4 Å². The number of nitrogens with zero attached hydrogens (tertiary/aromatic N) is 2. The second-order valence-electron chi connectivity index (χ2n) is 5.52. The van der Waals surface area contributed by atoms with E-state index >= 15 is 0 Å². The summed E-state index contributed by atoms with van der Waals surface area (Å²) in [5.74, 6) is 0. The number of hydrogen-bond acceptors (Lipinski definition) is 8. The van der Waals surface area contributed by atoms with Crippen molar-refractivity contribution in [2.45, 2.75) is 0 Å². The maximum atomic E-state index is 5.61. The van der Waals surface area contributed by atoms with Gasteiger partial charge in [-0.1, -0.05) is 0 Å². The van der Waals surface area contributed by atoms with Crippen LogP contribution >= 0.6 is 0 Å². The fourth-order valence-corrected chi connectivity index (χ4v) is 2.27. The van der Waals surface area contributed by atoms with Crippen molar-refractivity contribution < 1.29 is 28.4 Å². The molecule has 0 unspecified atom stereocenters. The molecule has 1 aliphatic rings. The zero-order chi connectivity index (χ0) is 17.3. The van der Waals surface area contributed by atoms with Crippen LogP contribution in [0.2, 0.25) is 0 Å². The van der Waals surface area contributed by atoms with Crippen LogP contribution in [0, 0.1) is 0 Å². The lowest BCUT2D eigenvalue weighted by atomic mass is 10.5. The molecule has 8 nitrogen and oxygen atoms in total. The minimum atomic E-state index is 0.578. The maximum absolute atomic E-state index is 5.61. The van der Waals surface area contributed by atoms with Crippen molar-refractivity contribution in [2.75, 3.05) is 107 Å². The summed E-state index contributed by atoms with van der Waals surface area (Å²) in [5.41, 5.74) is 0. The number of hydrogen-bond donors (Lipinski definition) is 0. The molecular formula is C16H34N2O6. The van der Waals surface area contributed by atoms with Gasteiger partial charge >= 0.3 is 0 Å². The van der Waals surface area contributed by atoms with Crippen LogP contribution in [-0.4, -0.2) is 117 Å². The van der Waals surface area contributed by atoms with E-state index < -0.39 is 0 Å².